The molecule has 154 valence electrons. The Hall–Kier alpha value is -2.40. The predicted molar refractivity (Wildman–Crippen MR) is 113 cm³/mol. The van der Waals surface area contributed by atoms with Crippen LogP contribution < -0.4 is 5.43 Å². The van der Waals surface area contributed by atoms with Crippen LogP contribution >= 0.6 is 0 Å². The molecule has 5 nitrogen and oxygen atoms in total. The lowest BCUT2D eigenvalue weighted by atomic mass is 9.76. The predicted octanol–water partition coefficient (Wildman–Crippen LogP) is 3.37. The van der Waals surface area contributed by atoms with E-state index in [-0.39, 0.29) is 22.5 Å². The van der Waals surface area contributed by atoms with Crippen LogP contribution in [-0.2, 0) is 6.42 Å². The maximum absolute atomic E-state index is 13.1. The first kappa shape index (κ1) is 19.9. The van der Waals surface area contributed by atoms with Gasteiger partial charge in [0.15, 0.2) is 11.2 Å². The molecule has 2 aromatic rings. The van der Waals surface area contributed by atoms with Crippen molar-refractivity contribution in [2.45, 2.75) is 33.1 Å². The number of likely N-dealkylation sites (tertiary alicyclic amines) is 2. The van der Waals surface area contributed by atoms with Crippen LogP contribution in [0, 0.1) is 18.3 Å². The summed E-state index contributed by atoms with van der Waals surface area (Å²) in [7, 11) is 0. The normalized spacial score (nSPS) is 24.1. The molecule has 2 atom stereocenters. The number of aryl methyl sites for hydroxylation is 2. The lowest BCUT2D eigenvalue weighted by Gasteiger charge is -2.29. The second-order valence-electron chi connectivity index (χ2n) is 8.73. The second kappa shape index (κ2) is 8.15. The van der Waals surface area contributed by atoms with Gasteiger partial charge < -0.3 is 14.2 Å². The summed E-state index contributed by atoms with van der Waals surface area (Å²) < 4.78 is 5.57. The summed E-state index contributed by atoms with van der Waals surface area (Å²) in [5, 5.41) is 0. The number of benzene rings is 1. The van der Waals surface area contributed by atoms with Gasteiger partial charge in [0.1, 0.15) is 5.76 Å². The molecule has 3 heterocycles. The molecule has 2 saturated heterocycles. The van der Waals surface area contributed by atoms with Crippen molar-refractivity contribution in [3.8, 4) is 0 Å². The van der Waals surface area contributed by atoms with Crippen LogP contribution in [0.1, 0.15) is 41.6 Å². The molecule has 0 radical (unpaired) electrons. The monoisotopic (exact) mass is 394 g/mol. The topological polar surface area (TPSA) is 53.8 Å². The van der Waals surface area contributed by atoms with Crippen molar-refractivity contribution in [2.75, 3.05) is 32.7 Å². The molecule has 1 aromatic heterocycles. The van der Waals surface area contributed by atoms with Crippen molar-refractivity contribution in [1.82, 2.24) is 9.80 Å². The number of hydrogen-bond acceptors (Lipinski definition) is 4. The number of fused-ring (bicyclic) bond motifs is 1. The van der Waals surface area contributed by atoms with Gasteiger partial charge in [0.05, 0.1) is 0 Å². The third-order valence-electron chi connectivity index (χ3n) is 6.51. The molecular formula is C24H30N2O3. The second-order valence-corrected chi connectivity index (χ2v) is 8.73. The van der Waals surface area contributed by atoms with E-state index in [1.54, 1.807) is 6.92 Å². The molecule has 2 aliphatic heterocycles. The van der Waals surface area contributed by atoms with Gasteiger partial charge in [-0.05, 0) is 44.2 Å². The van der Waals surface area contributed by atoms with Gasteiger partial charge in [0, 0.05) is 43.7 Å². The number of hydrogen-bond donors (Lipinski definition) is 0. The van der Waals surface area contributed by atoms with Crippen LogP contribution in [0.4, 0.5) is 0 Å². The average molecular weight is 395 g/mol. The first-order chi connectivity index (χ1) is 14.0. The highest BCUT2D eigenvalue weighted by Gasteiger charge is 2.52. The number of amides is 1. The molecule has 0 N–H and O–H groups in total. The highest BCUT2D eigenvalue weighted by molar-refractivity contribution is 5.91. The fraction of sp³-hybridized carbons (Fsp3) is 0.500. The molecule has 2 aliphatic rings. The number of rotatable bonds is 6. The van der Waals surface area contributed by atoms with Crippen LogP contribution in [-0.4, -0.2) is 48.4 Å². The van der Waals surface area contributed by atoms with Gasteiger partial charge in [0.2, 0.25) is 0 Å². The lowest BCUT2D eigenvalue weighted by molar-refractivity contribution is 0.0720. The summed E-state index contributed by atoms with van der Waals surface area (Å²) >= 11 is 0. The maximum Gasteiger partial charge on any atom is 0.289 e. The van der Waals surface area contributed by atoms with E-state index in [1.807, 2.05) is 4.90 Å². The number of carbonyl (C=O) groups excluding carboxylic acids is 1. The molecular weight excluding hydrogens is 364 g/mol. The lowest BCUT2D eigenvalue weighted by Crippen LogP contribution is -2.37. The zero-order chi connectivity index (χ0) is 20.4. The Morgan fingerprint density at radius 3 is 2.69 bits per heavy atom. The maximum atomic E-state index is 13.1. The minimum atomic E-state index is -0.176. The Balaban J connectivity index is 1.53. The van der Waals surface area contributed by atoms with Crippen molar-refractivity contribution >= 4 is 5.91 Å². The van der Waals surface area contributed by atoms with Crippen LogP contribution in [0.25, 0.3) is 0 Å². The molecule has 2 fully saturated rings. The van der Waals surface area contributed by atoms with Gasteiger partial charge in [-0.2, -0.15) is 0 Å². The van der Waals surface area contributed by atoms with Crippen LogP contribution in [0.15, 0.2) is 51.7 Å². The summed E-state index contributed by atoms with van der Waals surface area (Å²) in [5.41, 5.74) is 1.29. The fourth-order valence-electron chi connectivity index (χ4n) is 5.19. The van der Waals surface area contributed by atoms with Gasteiger partial charge in [-0.3, -0.25) is 9.59 Å². The van der Waals surface area contributed by atoms with Gasteiger partial charge in [-0.1, -0.05) is 37.3 Å². The Labute approximate surface area is 172 Å². The van der Waals surface area contributed by atoms with Crippen LogP contribution in [0.3, 0.4) is 0 Å². The van der Waals surface area contributed by atoms with Crippen LogP contribution in [0.2, 0.25) is 0 Å². The molecule has 5 heteroatoms. The fourth-order valence-corrected chi connectivity index (χ4v) is 5.19. The first-order valence-corrected chi connectivity index (χ1v) is 10.7. The Bertz CT molecular complexity index is 923. The quantitative estimate of drug-likeness (QED) is 0.754. The van der Waals surface area contributed by atoms with Crippen molar-refractivity contribution in [2.24, 2.45) is 11.3 Å². The third kappa shape index (κ3) is 4.15. The molecule has 1 amide bonds. The van der Waals surface area contributed by atoms with Crippen molar-refractivity contribution in [1.29, 1.82) is 0 Å². The first-order valence-electron chi connectivity index (χ1n) is 10.7. The summed E-state index contributed by atoms with van der Waals surface area (Å²) in [4.78, 5) is 29.4. The molecule has 2 unspecified atom stereocenters. The Morgan fingerprint density at radius 1 is 1.17 bits per heavy atom. The highest BCUT2D eigenvalue weighted by atomic mass is 16.3. The summed E-state index contributed by atoms with van der Waals surface area (Å²) in [6, 6.07) is 13.3. The molecule has 0 spiro atoms. The van der Waals surface area contributed by atoms with E-state index in [0.29, 0.717) is 11.7 Å². The zero-order valence-corrected chi connectivity index (χ0v) is 17.4. The summed E-state index contributed by atoms with van der Waals surface area (Å²) in [6.45, 7) is 8.61. The van der Waals surface area contributed by atoms with E-state index >= 15 is 0 Å². The summed E-state index contributed by atoms with van der Waals surface area (Å²) in [6.07, 6.45) is 3.25. The molecule has 0 bridgehead atoms. The standard InChI is InChI=1S/C24H30N2O3/c1-3-11-25-14-20-15-26(23(28)22-13-21(27)12-18(2)29-22)17-24(20,16-25)10-9-19-7-5-4-6-8-19/h4-8,12-13,20H,3,9-11,14-17H2,1-2H3. The van der Waals surface area contributed by atoms with E-state index in [0.717, 1.165) is 52.0 Å². The molecule has 0 saturated carbocycles. The van der Waals surface area contributed by atoms with E-state index in [2.05, 4.69) is 42.2 Å². The smallest absolute Gasteiger partial charge is 0.289 e. The molecule has 0 aliphatic carbocycles. The van der Waals surface area contributed by atoms with Gasteiger partial charge in [-0.25, -0.2) is 0 Å². The van der Waals surface area contributed by atoms with E-state index in [1.165, 1.54) is 17.7 Å². The molecule has 1 aromatic carbocycles. The summed E-state index contributed by atoms with van der Waals surface area (Å²) in [5.74, 6) is 0.964. The largest absolute Gasteiger partial charge is 0.456 e. The van der Waals surface area contributed by atoms with Crippen molar-refractivity contribution in [3.05, 3.63) is 69.8 Å². The van der Waals surface area contributed by atoms with Crippen LogP contribution in [0.5, 0.6) is 0 Å². The molecule has 29 heavy (non-hydrogen) atoms. The van der Waals surface area contributed by atoms with E-state index in [4.69, 9.17) is 4.42 Å². The SMILES string of the molecule is CCCN1CC2CN(C(=O)c3cc(=O)cc(C)o3)CC2(CCc2ccccc2)C1. The van der Waals surface area contributed by atoms with Gasteiger partial charge in [0.25, 0.3) is 5.91 Å². The zero-order valence-electron chi connectivity index (χ0n) is 17.4. The van der Waals surface area contributed by atoms with Gasteiger partial charge >= 0.3 is 0 Å². The average Bonchev–Trinajstić information content (AvgIpc) is 3.20. The minimum absolute atomic E-state index is 0.116. The number of nitrogens with zero attached hydrogens (tertiary/aromatic N) is 2. The van der Waals surface area contributed by atoms with Gasteiger partial charge in [-0.15, -0.1) is 0 Å². The van der Waals surface area contributed by atoms with E-state index in [9.17, 15) is 9.59 Å². The van der Waals surface area contributed by atoms with Crippen molar-refractivity contribution in [3.63, 3.8) is 0 Å². The van der Waals surface area contributed by atoms with Crippen molar-refractivity contribution < 1.29 is 9.21 Å². The Kier molecular flexibility index (Phi) is 5.59. The third-order valence-corrected chi connectivity index (χ3v) is 6.51. The minimum Gasteiger partial charge on any atom is -0.456 e. The highest BCUT2D eigenvalue weighted by Crippen LogP contribution is 2.46. The van der Waals surface area contributed by atoms with E-state index < -0.39 is 0 Å². The number of carbonyl (C=O) groups is 1. The Morgan fingerprint density at radius 2 is 1.97 bits per heavy atom. The molecule has 4 rings (SSSR count).